The molecule has 1 amide bonds. The first kappa shape index (κ1) is 18.7. The lowest BCUT2D eigenvalue weighted by Crippen LogP contribution is -2.42. The molecular weight excluding hydrogens is 362 g/mol. The summed E-state index contributed by atoms with van der Waals surface area (Å²) in [7, 11) is 0. The van der Waals surface area contributed by atoms with Gasteiger partial charge in [-0.1, -0.05) is 42.1 Å². The van der Waals surface area contributed by atoms with Crippen molar-refractivity contribution in [1.29, 1.82) is 10.5 Å². The number of nitrogens with two attached hydrogens (primary N) is 1. The first-order valence-electron chi connectivity index (χ1n) is 8.33. The number of ether oxygens (including phenoxy) is 1. The van der Waals surface area contributed by atoms with Crippen molar-refractivity contribution in [2.75, 3.05) is 32.0 Å². The summed E-state index contributed by atoms with van der Waals surface area (Å²) in [5.74, 6) is -0.0206. The minimum atomic E-state index is -0.573. The lowest BCUT2D eigenvalue weighted by atomic mass is 10.1. The second-order valence-electron chi connectivity index (χ2n) is 5.84. The number of nitrogen functional groups attached to an aromatic ring is 1. The fraction of sp³-hybridized carbons (Fsp3) is 0.263. The third-order valence-corrected chi connectivity index (χ3v) is 5.38. The third kappa shape index (κ3) is 4.20. The van der Waals surface area contributed by atoms with Gasteiger partial charge in [0.25, 0.3) is 0 Å². The number of anilines is 1. The smallest absolute Gasteiger partial charge is 0.240 e. The Labute approximate surface area is 161 Å². The molecule has 2 aromatic rings. The van der Waals surface area contributed by atoms with Crippen molar-refractivity contribution < 1.29 is 9.53 Å². The minimum absolute atomic E-state index is 0.0460. The van der Waals surface area contributed by atoms with Crippen LogP contribution in [0, 0.1) is 22.7 Å². The molecule has 2 N–H and O–H groups in total. The monoisotopic (exact) mass is 379 g/mol. The Kier molecular flexibility index (Phi) is 5.92. The van der Waals surface area contributed by atoms with Crippen LogP contribution < -0.4 is 5.73 Å². The maximum atomic E-state index is 13.2. The zero-order valence-electron chi connectivity index (χ0n) is 14.5. The highest BCUT2D eigenvalue weighted by atomic mass is 32.2. The van der Waals surface area contributed by atoms with Gasteiger partial charge in [0, 0.05) is 13.1 Å². The quantitative estimate of drug-likeness (QED) is 0.809. The van der Waals surface area contributed by atoms with E-state index >= 15 is 0 Å². The molecule has 0 unspecified atom stereocenters. The molecule has 0 spiro atoms. The predicted octanol–water partition coefficient (Wildman–Crippen LogP) is 2.10. The Bertz CT molecular complexity index is 914. The van der Waals surface area contributed by atoms with Crippen LogP contribution in [-0.4, -0.2) is 42.1 Å². The standard InChI is InChI=1S/C19H17N5O2S/c20-11-14-10-15(12-21)18(23-17(14)22)27-16(13-4-2-1-3-5-13)19(25)24-6-8-26-9-7-24/h1-5,10,16H,6-9H2,(H2,22,23)/t16-/m0/s1. The average molecular weight is 379 g/mol. The summed E-state index contributed by atoms with van der Waals surface area (Å²) >= 11 is 1.17. The van der Waals surface area contributed by atoms with E-state index in [2.05, 4.69) is 4.98 Å². The number of pyridine rings is 1. The topological polar surface area (TPSA) is 116 Å². The molecule has 3 rings (SSSR count). The highest BCUT2D eigenvalue weighted by molar-refractivity contribution is 8.00. The highest BCUT2D eigenvalue weighted by Crippen LogP contribution is 2.38. The molecule has 7 nitrogen and oxygen atoms in total. The predicted molar refractivity (Wildman–Crippen MR) is 101 cm³/mol. The van der Waals surface area contributed by atoms with Crippen molar-refractivity contribution in [3.8, 4) is 12.1 Å². The number of carbonyl (C=O) groups is 1. The first-order valence-corrected chi connectivity index (χ1v) is 9.21. The lowest BCUT2D eigenvalue weighted by molar-refractivity contribution is -0.134. The van der Waals surface area contributed by atoms with Gasteiger partial charge >= 0.3 is 0 Å². The Hall–Kier alpha value is -3.07. The summed E-state index contributed by atoms with van der Waals surface area (Å²) in [6.07, 6.45) is 0. The van der Waals surface area contributed by atoms with Crippen LogP contribution in [-0.2, 0) is 9.53 Å². The van der Waals surface area contributed by atoms with Gasteiger partial charge in [-0.15, -0.1) is 0 Å². The number of carbonyl (C=O) groups excluding carboxylic acids is 1. The van der Waals surface area contributed by atoms with Crippen LogP contribution in [0.5, 0.6) is 0 Å². The molecule has 27 heavy (non-hydrogen) atoms. The SMILES string of the molecule is N#Cc1cc(C#N)c(S[C@H](C(=O)N2CCOCC2)c2ccccc2)nc1N. The van der Waals surface area contributed by atoms with Crippen LogP contribution in [0.1, 0.15) is 21.9 Å². The van der Waals surface area contributed by atoms with Crippen molar-refractivity contribution in [3.05, 3.63) is 53.1 Å². The number of rotatable bonds is 4. The van der Waals surface area contributed by atoms with Gasteiger partial charge in [-0.25, -0.2) is 4.98 Å². The number of thioether (sulfide) groups is 1. The summed E-state index contributed by atoms with van der Waals surface area (Å²) < 4.78 is 5.33. The van der Waals surface area contributed by atoms with Crippen LogP contribution in [0.2, 0.25) is 0 Å². The molecule has 1 aliphatic heterocycles. The van der Waals surface area contributed by atoms with Crippen molar-refractivity contribution in [3.63, 3.8) is 0 Å². The number of nitriles is 2. The van der Waals surface area contributed by atoms with E-state index in [-0.39, 0.29) is 22.9 Å². The van der Waals surface area contributed by atoms with Gasteiger partial charge in [0.15, 0.2) is 0 Å². The highest BCUT2D eigenvalue weighted by Gasteiger charge is 2.29. The van der Waals surface area contributed by atoms with Crippen LogP contribution in [0.25, 0.3) is 0 Å². The largest absolute Gasteiger partial charge is 0.383 e. The van der Waals surface area contributed by atoms with Gasteiger partial charge in [0.1, 0.15) is 28.2 Å². The van der Waals surface area contributed by atoms with E-state index in [9.17, 15) is 10.1 Å². The molecule has 0 bridgehead atoms. The van der Waals surface area contributed by atoms with Crippen LogP contribution in [0.3, 0.4) is 0 Å². The summed E-state index contributed by atoms with van der Waals surface area (Å²) in [6.45, 7) is 2.06. The zero-order valence-corrected chi connectivity index (χ0v) is 15.3. The molecule has 0 radical (unpaired) electrons. The lowest BCUT2D eigenvalue weighted by Gasteiger charge is -2.30. The molecular formula is C19H17N5O2S. The molecule has 1 fully saturated rings. The van der Waals surface area contributed by atoms with Crippen LogP contribution in [0.15, 0.2) is 41.4 Å². The van der Waals surface area contributed by atoms with Crippen molar-refractivity contribution in [1.82, 2.24) is 9.88 Å². The van der Waals surface area contributed by atoms with Crippen molar-refractivity contribution in [2.45, 2.75) is 10.3 Å². The second-order valence-corrected chi connectivity index (χ2v) is 6.94. The molecule has 0 saturated carbocycles. The number of hydrogen-bond acceptors (Lipinski definition) is 7. The normalized spacial score (nSPS) is 14.8. The number of morpholine rings is 1. The van der Waals surface area contributed by atoms with E-state index in [0.29, 0.717) is 31.3 Å². The van der Waals surface area contributed by atoms with E-state index in [1.54, 1.807) is 4.90 Å². The third-order valence-electron chi connectivity index (χ3n) is 4.14. The van der Waals surface area contributed by atoms with Gasteiger partial charge in [-0.2, -0.15) is 10.5 Å². The Morgan fingerprint density at radius 2 is 1.85 bits per heavy atom. The molecule has 0 aliphatic carbocycles. The summed E-state index contributed by atoms with van der Waals surface area (Å²) in [5, 5.41) is 18.3. The van der Waals surface area contributed by atoms with Gasteiger partial charge in [0.2, 0.25) is 5.91 Å². The van der Waals surface area contributed by atoms with Crippen LogP contribution in [0.4, 0.5) is 5.82 Å². The number of aromatic nitrogens is 1. The van der Waals surface area contributed by atoms with Gasteiger partial charge in [0.05, 0.1) is 24.3 Å². The number of hydrogen-bond donors (Lipinski definition) is 1. The summed E-state index contributed by atoms with van der Waals surface area (Å²) in [4.78, 5) is 19.1. The zero-order chi connectivity index (χ0) is 19.2. The van der Waals surface area contributed by atoms with E-state index in [1.165, 1.54) is 17.8 Å². The molecule has 8 heteroatoms. The Morgan fingerprint density at radius 1 is 1.19 bits per heavy atom. The number of amides is 1. The van der Waals surface area contributed by atoms with Crippen LogP contribution >= 0.6 is 11.8 Å². The summed E-state index contributed by atoms with van der Waals surface area (Å²) in [5.41, 5.74) is 7.00. The van der Waals surface area contributed by atoms with E-state index in [1.807, 2.05) is 42.5 Å². The maximum absolute atomic E-state index is 13.2. The number of benzene rings is 1. The molecule has 1 saturated heterocycles. The average Bonchev–Trinajstić information content (AvgIpc) is 2.73. The fourth-order valence-corrected chi connectivity index (χ4v) is 3.87. The Balaban J connectivity index is 1.97. The molecule has 136 valence electrons. The molecule has 2 heterocycles. The van der Waals surface area contributed by atoms with E-state index < -0.39 is 5.25 Å². The van der Waals surface area contributed by atoms with Gasteiger partial charge in [-0.05, 0) is 11.6 Å². The van der Waals surface area contributed by atoms with Crippen molar-refractivity contribution >= 4 is 23.5 Å². The van der Waals surface area contributed by atoms with Crippen molar-refractivity contribution in [2.24, 2.45) is 0 Å². The maximum Gasteiger partial charge on any atom is 0.240 e. The molecule has 1 aromatic carbocycles. The first-order chi connectivity index (χ1) is 13.1. The molecule has 1 atom stereocenters. The molecule has 1 aromatic heterocycles. The van der Waals surface area contributed by atoms with E-state index in [0.717, 1.165) is 5.56 Å². The molecule has 1 aliphatic rings. The minimum Gasteiger partial charge on any atom is -0.383 e. The summed E-state index contributed by atoms with van der Waals surface area (Å²) in [6, 6.07) is 14.7. The van der Waals surface area contributed by atoms with E-state index in [4.69, 9.17) is 15.7 Å². The fourth-order valence-electron chi connectivity index (χ4n) is 2.72. The Morgan fingerprint density at radius 3 is 2.48 bits per heavy atom. The second kappa shape index (κ2) is 8.54. The van der Waals surface area contributed by atoms with Gasteiger partial charge in [-0.3, -0.25) is 4.79 Å². The number of nitrogens with zero attached hydrogens (tertiary/aromatic N) is 4. The van der Waals surface area contributed by atoms with Gasteiger partial charge < -0.3 is 15.4 Å².